The van der Waals surface area contributed by atoms with Crippen molar-refractivity contribution in [2.24, 2.45) is 0 Å². The van der Waals surface area contributed by atoms with Crippen molar-refractivity contribution >= 4 is 17.2 Å². The van der Waals surface area contributed by atoms with E-state index < -0.39 is 23.7 Å². The molecule has 1 aliphatic carbocycles. The number of pyridine rings is 2. The van der Waals surface area contributed by atoms with E-state index >= 15 is 0 Å². The maximum Gasteiger partial charge on any atom is 0.274 e. The highest BCUT2D eigenvalue weighted by atomic mass is 19.1. The van der Waals surface area contributed by atoms with E-state index in [9.17, 15) is 14.0 Å². The van der Waals surface area contributed by atoms with Gasteiger partial charge >= 0.3 is 0 Å². The van der Waals surface area contributed by atoms with Crippen molar-refractivity contribution < 1.29 is 18.7 Å². The van der Waals surface area contributed by atoms with Gasteiger partial charge in [0, 0.05) is 36.5 Å². The van der Waals surface area contributed by atoms with Crippen LogP contribution in [0.25, 0.3) is 5.65 Å². The quantitative estimate of drug-likeness (QED) is 0.567. The Hall–Kier alpha value is -3.20. The molecule has 8 nitrogen and oxygen atoms in total. The van der Waals surface area contributed by atoms with E-state index in [1.807, 2.05) is 24.4 Å². The van der Waals surface area contributed by atoms with Gasteiger partial charge in [-0.2, -0.15) is 0 Å². The normalized spacial score (nSPS) is 26.2. The minimum Gasteiger partial charge on any atom is -0.490 e. The molecular formula is C26H31FN4O4. The highest BCUT2D eigenvalue weighted by Gasteiger charge is 2.40. The van der Waals surface area contributed by atoms with E-state index in [1.165, 1.54) is 10.6 Å². The summed E-state index contributed by atoms with van der Waals surface area (Å²) in [5.41, 5.74) is 1.29. The molecule has 0 bridgehead atoms. The van der Waals surface area contributed by atoms with Crippen LogP contribution in [-0.2, 0) is 10.2 Å². The molecule has 1 N–H and O–H groups in total. The second kappa shape index (κ2) is 8.78. The summed E-state index contributed by atoms with van der Waals surface area (Å²) in [7, 11) is 0. The van der Waals surface area contributed by atoms with E-state index in [4.69, 9.17) is 14.5 Å². The number of rotatable bonds is 6. The number of nitrogens with zero attached hydrogens (tertiary/aromatic N) is 3. The summed E-state index contributed by atoms with van der Waals surface area (Å²) in [5.74, 6) is -0.107. The van der Waals surface area contributed by atoms with Gasteiger partial charge in [0.05, 0.1) is 36.1 Å². The van der Waals surface area contributed by atoms with Crippen LogP contribution in [0.5, 0.6) is 5.75 Å². The zero-order chi connectivity index (χ0) is 24.9. The SMILES string of the molecule is CC(C)Oc1cc2nc([C@@]3(C)CCC(C)OC3)cn2cc1C(=O)Nc1cccn([C@@H]2C[C@@H]2F)c1=O. The number of hydrogen-bond donors (Lipinski definition) is 1. The highest BCUT2D eigenvalue weighted by molar-refractivity contribution is 6.06. The summed E-state index contributed by atoms with van der Waals surface area (Å²) in [4.78, 5) is 30.9. The number of fused-ring (bicyclic) bond motifs is 1. The van der Waals surface area contributed by atoms with Crippen molar-refractivity contribution in [2.75, 3.05) is 11.9 Å². The Balaban J connectivity index is 1.49. The van der Waals surface area contributed by atoms with Crippen molar-refractivity contribution in [3.8, 4) is 5.75 Å². The molecule has 1 saturated carbocycles. The maximum absolute atomic E-state index is 13.5. The largest absolute Gasteiger partial charge is 0.490 e. The molecule has 0 radical (unpaired) electrons. The number of carbonyl (C=O) groups excluding carboxylic acids is 1. The predicted molar refractivity (Wildman–Crippen MR) is 130 cm³/mol. The molecule has 9 heteroatoms. The fourth-order valence-electron chi connectivity index (χ4n) is 4.53. The zero-order valence-corrected chi connectivity index (χ0v) is 20.5. The Morgan fingerprint density at radius 3 is 2.80 bits per heavy atom. The molecule has 3 aromatic rings. The van der Waals surface area contributed by atoms with Crippen LogP contribution >= 0.6 is 0 Å². The van der Waals surface area contributed by atoms with Crippen molar-refractivity contribution in [1.82, 2.24) is 14.0 Å². The first kappa shape index (κ1) is 23.5. The molecule has 1 aliphatic heterocycles. The van der Waals surface area contributed by atoms with E-state index in [2.05, 4.69) is 19.2 Å². The van der Waals surface area contributed by atoms with E-state index in [0.717, 1.165) is 18.5 Å². The van der Waals surface area contributed by atoms with Gasteiger partial charge < -0.3 is 23.8 Å². The van der Waals surface area contributed by atoms with Crippen LogP contribution in [0.2, 0.25) is 0 Å². The fourth-order valence-corrected chi connectivity index (χ4v) is 4.53. The number of hydrogen-bond acceptors (Lipinski definition) is 5. The molecule has 2 fully saturated rings. The Morgan fingerprint density at radius 2 is 2.14 bits per heavy atom. The summed E-state index contributed by atoms with van der Waals surface area (Å²) in [6, 6.07) is 4.43. The molecule has 5 rings (SSSR count). The lowest BCUT2D eigenvalue weighted by Crippen LogP contribution is -2.36. The first-order chi connectivity index (χ1) is 16.6. The van der Waals surface area contributed by atoms with Crippen molar-refractivity contribution in [2.45, 2.75) is 76.8 Å². The number of carbonyl (C=O) groups is 1. The summed E-state index contributed by atoms with van der Waals surface area (Å²) in [6.45, 7) is 8.56. The maximum atomic E-state index is 13.5. The van der Waals surface area contributed by atoms with Crippen LogP contribution in [0.4, 0.5) is 10.1 Å². The smallest absolute Gasteiger partial charge is 0.274 e. The second-order valence-corrected chi connectivity index (χ2v) is 10.2. The van der Waals surface area contributed by atoms with Crippen LogP contribution in [-0.4, -0.2) is 44.8 Å². The van der Waals surface area contributed by atoms with Gasteiger partial charge in [-0.3, -0.25) is 9.59 Å². The second-order valence-electron chi connectivity index (χ2n) is 10.2. The van der Waals surface area contributed by atoms with Crippen molar-refractivity contribution in [3.05, 3.63) is 58.4 Å². The molecule has 0 aromatic carbocycles. The Kier molecular flexibility index (Phi) is 5.91. The highest BCUT2D eigenvalue weighted by Crippen LogP contribution is 2.38. The first-order valence-corrected chi connectivity index (χ1v) is 12.1. The summed E-state index contributed by atoms with van der Waals surface area (Å²) < 4.78 is 28.5. The molecule has 4 heterocycles. The molecule has 1 unspecified atom stereocenters. The third-order valence-corrected chi connectivity index (χ3v) is 6.83. The summed E-state index contributed by atoms with van der Waals surface area (Å²) >= 11 is 0. The Morgan fingerprint density at radius 1 is 1.37 bits per heavy atom. The van der Waals surface area contributed by atoms with E-state index in [0.29, 0.717) is 24.4 Å². The monoisotopic (exact) mass is 482 g/mol. The van der Waals surface area contributed by atoms with E-state index in [1.54, 1.807) is 24.5 Å². The molecule has 2 aliphatic rings. The van der Waals surface area contributed by atoms with Crippen molar-refractivity contribution in [1.29, 1.82) is 0 Å². The zero-order valence-electron chi connectivity index (χ0n) is 20.5. The standard InChI is InChI=1S/C26H31FN4O4/c1-15(2)35-21-11-23-29-22(26(4)8-7-16(3)34-14-26)13-30(23)12-17(21)24(32)28-19-6-5-9-31(25(19)33)20-10-18(20)27/h5-6,9,11-13,15-16,18,20H,7-8,10,14H2,1-4H3,(H,28,32)/t16?,18-,20+,26-/m0/s1. The Labute approximate surface area is 203 Å². The Bertz CT molecular complexity index is 1320. The lowest BCUT2D eigenvalue weighted by atomic mass is 9.81. The predicted octanol–water partition coefficient (Wildman–Crippen LogP) is 4.28. The molecule has 3 aromatic heterocycles. The van der Waals surface area contributed by atoms with Crippen LogP contribution in [0, 0.1) is 0 Å². The van der Waals surface area contributed by atoms with Gasteiger partial charge in [0.25, 0.3) is 11.5 Å². The molecular weight excluding hydrogens is 451 g/mol. The third kappa shape index (κ3) is 4.57. The van der Waals surface area contributed by atoms with E-state index in [-0.39, 0.29) is 28.9 Å². The number of imidazole rings is 1. The number of amides is 1. The minimum absolute atomic E-state index is 0.0968. The lowest BCUT2D eigenvalue weighted by molar-refractivity contribution is -0.0162. The van der Waals surface area contributed by atoms with Gasteiger partial charge in [-0.05, 0) is 45.7 Å². The minimum atomic E-state index is -1.03. The number of alkyl halides is 1. The average Bonchev–Trinajstić information content (AvgIpc) is 3.37. The van der Waals surface area contributed by atoms with Crippen LogP contribution in [0.3, 0.4) is 0 Å². The topological polar surface area (TPSA) is 86.9 Å². The van der Waals surface area contributed by atoms with Crippen LogP contribution in [0.1, 0.15) is 69.1 Å². The average molecular weight is 483 g/mol. The molecule has 186 valence electrons. The molecule has 35 heavy (non-hydrogen) atoms. The number of ether oxygens (including phenoxy) is 2. The third-order valence-electron chi connectivity index (χ3n) is 6.83. The molecule has 1 saturated heterocycles. The summed E-state index contributed by atoms with van der Waals surface area (Å²) in [6.07, 6.45) is 6.41. The van der Waals surface area contributed by atoms with Crippen LogP contribution in [0.15, 0.2) is 41.6 Å². The van der Waals surface area contributed by atoms with Crippen LogP contribution < -0.4 is 15.6 Å². The number of halogens is 1. The first-order valence-electron chi connectivity index (χ1n) is 12.1. The number of nitrogens with one attached hydrogen (secondary N) is 1. The summed E-state index contributed by atoms with van der Waals surface area (Å²) in [5, 5.41) is 2.70. The molecule has 0 spiro atoms. The van der Waals surface area contributed by atoms with Crippen molar-refractivity contribution in [3.63, 3.8) is 0 Å². The van der Waals surface area contributed by atoms with Gasteiger partial charge in [0.15, 0.2) is 0 Å². The van der Waals surface area contributed by atoms with Gasteiger partial charge in [0.2, 0.25) is 0 Å². The van der Waals surface area contributed by atoms with Gasteiger partial charge in [-0.15, -0.1) is 0 Å². The number of anilines is 1. The van der Waals surface area contributed by atoms with Gasteiger partial charge in [-0.1, -0.05) is 6.92 Å². The van der Waals surface area contributed by atoms with Gasteiger partial charge in [-0.25, -0.2) is 9.37 Å². The fraction of sp³-hybridized carbons (Fsp3) is 0.500. The lowest BCUT2D eigenvalue weighted by Gasteiger charge is -2.34. The number of aromatic nitrogens is 3. The molecule has 1 amide bonds. The van der Waals surface area contributed by atoms with Gasteiger partial charge in [0.1, 0.15) is 23.3 Å². The molecule has 4 atom stereocenters.